The van der Waals surface area contributed by atoms with Crippen LogP contribution >= 0.6 is 0 Å². The highest BCUT2D eigenvalue weighted by Gasteiger charge is 2.19. The van der Waals surface area contributed by atoms with Crippen LogP contribution in [0.4, 0.5) is 0 Å². The fourth-order valence-electron chi connectivity index (χ4n) is 2.32. The van der Waals surface area contributed by atoms with Crippen molar-refractivity contribution >= 4 is 5.97 Å². The van der Waals surface area contributed by atoms with Crippen molar-refractivity contribution in [2.75, 3.05) is 13.7 Å². The summed E-state index contributed by atoms with van der Waals surface area (Å²) in [5.74, 6) is -0.605. The van der Waals surface area contributed by atoms with Gasteiger partial charge in [0.1, 0.15) is 0 Å². The summed E-state index contributed by atoms with van der Waals surface area (Å²) >= 11 is 0. The van der Waals surface area contributed by atoms with Gasteiger partial charge in [-0.25, -0.2) is 4.79 Å². The number of esters is 1. The Morgan fingerprint density at radius 3 is 1.86 bits per heavy atom. The minimum absolute atomic E-state index is 0.233. The number of carbonyl (C=O) groups is 1. The van der Waals surface area contributed by atoms with E-state index in [1.165, 1.54) is 7.11 Å². The molecule has 0 saturated carbocycles. The van der Waals surface area contributed by atoms with Gasteiger partial charge in [-0.05, 0) is 11.1 Å². The first-order valence-electron chi connectivity index (χ1n) is 7.25. The van der Waals surface area contributed by atoms with Gasteiger partial charge < -0.3 is 9.84 Å². The number of methoxy groups -OCH3 is 1. The number of hydrogen-bond donors (Lipinski definition) is 1. The Morgan fingerprint density at radius 2 is 1.45 bits per heavy atom. The number of carbonyl (C=O) groups excluding carboxylic acids is 1. The van der Waals surface area contributed by atoms with Crippen LogP contribution in [0.5, 0.6) is 0 Å². The van der Waals surface area contributed by atoms with Crippen molar-refractivity contribution in [3.05, 3.63) is 71.8 Å². The zero-order chi connectivity index (χ0) is 15.8. The van der Waals surface area contributed by atoms with Crippen molar-refractivity contribution in [1.29, 1.82) is 0 Å². The fraction of sp³-hybridized carbons (Fsp3) is 0.278. The van der Waals surface area contributed by atoms with E-state index in [-0.39, 0.29) is 6.54 Å². The van der Waals surface area contributed by atoms with E-state index >= 15 is 0 Å². The molecule has 0 fully saturated rings. The van der Waals surface area contributed by atoms with E-state index in [0.717, 1.165) is 11.1 Å². The zero-order valence-electron chi connectivity index (χ0n) is 12.7. The van der Waals surface area contributed by atoms with Crippen LogP contribution in [0.2, 0.25) is 0 Å². The van der Waals surface area contributed by atoms with Crippen LogP contribution in [0.15, 0.2) is 60.7 Å². The van der Waals surface area contributed by atoms with E-state index in [4.69, 9.17) is 0 Å². The number of nitrogens with zero attached hydrogens (tertiary/aromatic N) is 1. The highest BCUT2D eigenvalue weighted by Crippen LogP contribution is 2.11. The third-order valence-electron chi connectivity index (χ3n) is 3.40. The molecule has 2 aromatic rings. The zero-order valence-corrected chi connectivity index (χ0v) is 12.7. The van der Waals surface area contributed by atoms with E-state index in [2.05, 4.69) is 4.74 Å². The number of aliphatic hydroxyl groups is 1. The van der Waals surface area contributed by atoms with Gasteiger partial charge in [-0.2, -0.15) is 0 Å². The van der Waals surface area contributed by atoms with Crippen molar-refractivity contribution < 1.29 is 14.6 Å². The summed E-state index contributed by atoms with van der Waals surface area (Å²) < 4.78 is 4.60. The van der Waals surface area contributed by atoms with E-state index < -0.39 is 12.1 Å². The Hall–Kier alpha value is -2.17. The maximum absolute atomic E-state index is 11.5. The summed E-state index contributed by atoms with van der Waals surface area (Å²) in [4.78, 5) is 13.5. The Bertz CT molecular complexity index is 530. The molecule has 4 heteroatoms. The maximum Gasteiger partial charge on any atom is 0.336 e. The van der Waals surface area contributed by atoms with E-state index in [9.17, 15) is 9.90 Å². The lowest BCUT2D eigenvalue weighted by Gasteiger charge is -2.24. The molecule has 116 valence electrons. The molecule has 22 heavy (non-hydrogen) atoms. The molecule has 0 aliphatic heterocycles. The van der Waals surface area contributed by atoms with Gasteiger partial charge in [-0.3, -0.25) is 4.90 Å². The minimum atomic E-state index is -1.14. The number of rotatable bonds is 7. The average molecular weight is 299 g/mol. The van der Waals surface area contributed by atoms with Crippen LogP contribution in [0.1, 0.15) is 11.1 Å². The number of hydrogen-bond acceptors (Lipinski definition) is 4. The summed E-state index contributed by atoms with van der Waals surface area (Å²) in [5.41, 5.74) is 2.27. The molecule has 1 N–H and O–H groups in total. The average Bonchev–Trinajstić information content (AvgIpc) is 2.55. The highest BCUT2D eigenvalue weighted by molar-refractivity contribution is 5.74. The first kappa shape index (κ1) is 16.2. The van der Waals surface area contributed by atoms with Gasteiger partial charge in [0.05, 0.1) is 7.11 Å². The van der Waals surface area contributed by atoms with Crippen LogP contribution in [0.3, 0.4) is 0 Å². The second kappa shape index (κ2) is 8.32. The topological polar surface area (TPSA) is 49.8 Å². The molecule has 0 unspecified atom stereocenters. The van der Waals surface area contributed by atoms with Gasteiger partial charge in [0.15, 0.2) is 6.10 Å². The van der Waals surface area contributed by atoms with E-state index in [1.54, 1.807) is 0 Å². The van der Waals surface area contributed by atoms with Gasteiger partial charge in [-0.1, -0.05) is 60.7 Å². The molecule has 0 heterocycles. The molecule has 0 spiro atoms. The molecular formula is C18H21NO3. The summed E-state index contributed by atoms with van der Waals surface area (Å²) in [7, 11) is 1.28. The normalized spacial score (nSPS) is 12.1. The Morgan fingerprint density at radius 1 is 1.00 bits per heavy atom. The number of benzene rings is 2. The summed E-state index contributed by atoms with van der Waals surface area (Å²) in [5, 5.41) is 9.93. The highest BCUT2D eigenvalue weighted by atomic mass is 16.5. The van der Waals surface area contributed by atoms with Gasteiger partial charge in [0.2, 0.25) is 0 Å². The quantitative estimate of drug-likeness (QED) is 0.797. The first-order valence-corrected chi connectivity index (χ1v) is 7.25. The molecule has 1 atom stereocenters. The second-order valence-electron chi connectivity index (χ2n) is 5.18. The van der Waals surface area contributed by atoms with Gasteiger partial charge in [-0.15, -0.1) is 0 Å². The van der Waals surface area contributed by atoms with Gasteiger partial charge in [0, 0.05) is 19.6 Å². The van der Waals surface area contributed by atoms with Crippen molar-refractivity contribution in [3.63, 3.8) is 0 Å². The Balaban J connectivity index is 2.07. The molecule has 0 radical (unpaired) electrons. The Kier molecular flexibility index (Phi) is 6.13. The van der Waals surface area contributed by atoms with Crippen molar-refractivity contribution in [3.8, 4) is 0 Å². The van der Waals surface area contributed by atoms with E-state index in [0.29, 0.717) is 13.1 Å². The predicted octanol–water partition coefficient (Wildman–Crippen LogP) is 2.22. The lowest BCUT2D eigenvalue weighted by molar-refractivity contribution is -0.151. The Labute approximate surface area is 131 Å². The van der Waals surface area contributed by atoms with Gasteiger partial charge >= 0.3 is 5.97 Å². The summed E-state index contributed by atoms with van der Waals surface area (Å²) in [6.07, 6.45) is -1.14. The maximum atomic E-state index is 11.5. The SMILES string of the molecule is COC(=O)[C@H](O)CN(Cc1ccccc1)Cc1ccccc1. The minimum Gasteiger partial charge on any atom is -0.467 e. The van der Waals surface area contributed by atoms with Gasteiger partial charge in [0.25, 0.3) is 0 Å². The molecule has 4 nitrogen and oxygen atoms in total. The molecule has 0 aliphatic rings. The largest absolute Gasteiger partial charge is 0.467 e. The third kappa shape index (κ3) is 4.98. The lowest BCUT2D eigenvalue weighted by Crippen LogP contribution is -2.37. The van der Waals surface area contributed by atoms with E-state index in [1.807, 2.05) is 65.6 Å². The standard InChI is InChI=1S/C18H21NO3/c1-22-18(21)17(20)14-19(12-15-8-4-2-5-9-15)13-16-10-6-3-7-11-16/h2-11,17,20H,12-14H2,1H3/t17-/m1/s1. The van der Waals surface area contributed by atoms with Crippen molar-refractivity contribution in [2.24, 2.45) is 0 Å². The van der Waals surface area contributed by atoms with Crippen LogP contribution in [-0.2, 0) is 22.6 Å². The lowest BCUT2D eigenvalue weighted by atomic mass is 10.1. The first-order chi connectivity index (χ1) is 10.7. The van der Waals surface area contributed by atoms with Crippen LogP contribution in [0.25, 0.3) is 0 Å². The molecule has 2 rings (SSSR count). The predicted molar refractivity (Wildman–Crippen MR) is 85.0 cm³/mol. The molecule has 0 amide bonds. The fourth-order valence-corrected chi connectivity index (χ4v) is 2.32. The summed E-state index contributed by atoms with van der Waals surface area (Å²) in [6, 6.07) is 20.0. The number of ether oxygens (including phenoxy) is 1. The van der Waals surface area contributed by atoms with Crippen molar-refractivity contribution in [2.45, 2.75) is 19.2 Å². The third-order valence-corrected chi connectivity index (χ3v) is 3.40. The molecule has 2 aromatic carbocycles. The number of aliphatic hydroxyl groups excluding tert-OH is 1. The molecule has 0 aliphatic carbocycles. The van der Waals surface area contributed by atoms with Crippen LogP contribution in [0, 0.1) is 0 Å². The summed E-state index contributed by atoms with van der Waals surface area (Å²) in [6.45, 7) is 1.55. The van der Waals surface area contributed by atoms with Crippen molar-refractivity contribution in [1.82, 2.24) is 4.90 Å². The smallest absolute Gasteiger partial charge is 0.336 e. The second-order valence-corrected chi connectivity index (χ2v) is 5.18. The molecular weight excluding hydrogens is 278 g/mol. The van der Waals surface area contributed by atoms with Crippen LogP contribution < -0.4 is 0 Å². The molecule has 0 bridgehead atoms. The monoisotopic (exact) mass is 299 g/mol. The molecule has 0 saturated heterocycles. The van der Waals surface area contributed by atoms with Crippen LogP contribution in [-0.4, -0.2) is 35.7 Å². The molecule has 0 aromatic heterocycles.